The van der Waals surface area contributed by atoms with Crippen molar-refractivity contribution in [1.82, 2.24) is 0 Å². The van der Waals surface area contributed by atoms with Crippen LogP contribution < -0.4 is 0 Å². The molecule has 0 aromatic rings. The monoisotopic (exact) mass is 209 g/mol. The van der Waals surface area contributed by atoms with Crippen molar-refractivity contribution in [2.45, 2.75) is 34.1 Å². The first-order valence-electron chi connectivity index (χ1n) is 3.35. The Kier molecular flexibility index (Phi) is 5.51. The van der Waals surface area contributed by atoms with E-state index in [2.05, 4.69) is 20.8 Å². The smallest absolute Gasteiger partial charge is 1.00 e. The predicted octanol–water partition coefficient (Wildman–Crippen LogP) is 2.39. The summed E-state index contributed by atoms with van der Waals surface area (Å²) < 4.78 is 4.69. The van der Waals surface area contributed by atoms with Crippen LogP contribution in [0.5, 0.6) is 0 Å². The molecule has 0 unspecified atom stereocenters. The van der Waals surface area contributed by atoms with Gasteiger partial charge < -0.3 is 1.43 Å². The van der Waals surface area contributed by atoms with Crippen LogP contribution in [0.25, 0.3) is 0 Å². The van der Waals surface area contributed by atoms with Gasteiger partial charge in [-0.25, -0.2) is 0 Å². The van der Waals surface area contributed by atoms with Gasteiger partial charge in [0.05, 0.1) is 0 Å². The van der Waals surface area contributed by atoms with Crippen molar-refractivity contribution in [3.63, 3.8) is 0 Å². The van der Waals surface area contributed by atoms with Gasteiger partial charge in [0, 0.05) is 0 Å². The van der Waals surface area contributed by atoms with Crippen LogP contribution in [0.2, 0.25) is 13.3 Å². The third-order valence-corrected chi connectivity index (χ3v) is 11.6. The first-order chi connectivity index (χ1) is 3.35. The molecule has 0 fully saturated rings. The first kappa shape index (κ1) is 7.80. The summed E-state index contributed by atoms with van der Waals surface area (Å²) in [5.41, 5.74) is 0. The maximum atomic E-state index is 2.35. The second-order valence-electron chi connectivity index (χ2n) is 2.09. The minimum absolute atomic E-state index is 0. The Morgan fingerprint density at radius 2 is 1.29 bits per heavy atom. The van der Waals surface area contributed by atoms with Crippen LogP contribution in [0, 0.1) is 0 Å². The number of hydrogen-bond acceptors (Lipinski definition) is 0. The number of hydrogen-bond donors (Lipinski definition) is 0. The molecule has 0 aliphatic rings. The molecule has 7 heavy (non-hydrogen) atoms. The zero-order valence-electron chi connectivity index (χ0n) is 6.70. The van der Waals surface area contributed by atoms with Gasteiger partial charge in [0.25, 0.3) is 0 Å². The van der Waals surface area contributed by atoms with E-state index in [1.54, 1.807) is 13.3 Å². The zero-order chi connectivity index (χ0) is 5.70. The fraction of sp³-hybridized carbons (Fsp3) is 1.00. The standard InChI is InChI=1S/3C2H5.Sn.2H/c3*1-2;;;/h3*1H2,2H3;;;/q;;;;;-1. The Hall–Kier alpha value is 0.799. The molecule has 0 aliphatic heterocycles. The summed E-state index contributed by atoms with van der Waals surface area (Å²) in [5, 5.41) is 0. The molecule has 0 nitrogen and oxygen atoms in total. The van der Waals surface area contributed by atoms with Gasteiger partial charge in [-0.1, -0.05) is 0 Å². The van der Waals surface area contributed by atoms with Gasteiger partial charge in [0.1, 0.15) is 0 Å². The van der Waals surface area contributed by atoms with Crippen LogP contribution in [-0.4, -0.2) is 19.8 Å². The first-order valence-corrected chi connectivity index (χ1v) is 10.3. The largest absolute Gasteiger partial charge is 1.00 e. The van der Waals surface area contributed by atoms with E-state index in [0.29, 0.717) is 0 Å². The molecule has 0 radical (unpaired) electrons. The van der Waals surface area contributed by atoms with Gasteiger partial charge >= 0.3 is 53.8 Å². The summed E-state index contributed by atoms with van der Waals surface area (Å²) in [6.07, 6.45) is 0. The minimum Gasteiger partial charge on any atom is -1.00 e. The molecule has 0 spiro atoms. The van der Waals surface area contributed by atoms with Crippen molar-refractivity contribution >= 4 is 19.8 Å². The van der Waals surface area contributed by atoms with Crippen LogP contribution in [0.15, 0.2) is 0 Å². The van der Waals surface area contributed by atoms with Crippen LogP contribution in [0.1, 0.15) is 22.2 Å². The molecule has 0 N–H and O–H groups in total. The molecule has 0 atom stereocenters. The van der Waals surface area contributed by atoms with Gasteiger partial charge in [0.2, 0.25) is 0 Å². The van der Waals surface area contributed by atoms with Crippen LogP contribution >= 0.6 is 0 Å². The predicted molar refractivity (Wildman–Crippen MR) is 39.7 cm³/mol. The zero-order valence-corrected chi connectivity index (χ0v) is 8.99. The maximum Gasteiger partial charge on any atom is -1.00 e. The summed E-state index contributed by atoms with van der Waals surface area (Å²) in [6.45, 7) is 7.06. The minimum atomic E-state index is -0.764. The van der Waals surface area contributed by atoms with Crippen LogP contribution in [0.4, 0.5) is 0 Å². The third kappa shape index (κ3) is 3.39. The molecule has 0 heterocycles. The van der Waals surface area contributed by atoms with Gasteiger partial charge in [-0.05, 0) is 0 Å². The molecule has 0 saturated heterocycles. The van der Waals surface area contributed by atoms with Crippen LogP contribution in [0.3, 0.4) is 0 Å². The summed E-state index contributed by atoms with van der Waals surface area (Å²) in [4.78, 5) is 0. The average molecular weight is 208 g/mol. The second kappa shape index (κ2) is 4.95. The van der Waals surface area contributed by atoms with E-state index in [-0.39, 0.29) is 1.43 Å². The van der Waals surface area contributed by atoms with E-state index in [0.717, 1.165) is 0 Å². The molecule has 0 rings (SSSR count). The van der Waals surface area contributed by atoms with E-state index in [9.17, 15) is 0 Å². The van der Waals surface area contributed by atoms with E-state index in [4.69, 9.17) is 0 Å². The van der Waals surface area contributed by atoms with Crippen molar-refractivity contribution in [2.24, 2.45) is 0 Å². The molecule has 0 aromatic heterocycles. The van der Waals surface area contributed by atoms with E-state index in [1.165, 1.54) is 0 Å². The third-order valence-electron chi connectivity index (χ3n) is 1.73. The summed E-state index contributed by atoms with van der Waals surface area (Å²) in [6, 6.07) is 0. The van der Waals surface area contributed by atoms with Crippen molar-refractivity contribution in [3.8, 4) is 0 Å². The topological polar surface area (TPSA) is 0 Å². The Balaban J connectivity index is 0. The quantitative estimate of drug-likeness (QED) is 0.624. The van der Waals surface area contributed by atoms with Crippen molar-refractivity contribution in [2.75, 3.05) is 0 Å². The SMILES string of the molecule is C[CH2][SnH]([CH2]C)[CH2]C.[H-]. The molecule has 46 valence electrons. The van der Waals surface area contributed by atoms with Crippen molar-refractivity contribution < 1.29 is 1.43 Å². The summed E-state index contributed by atoms with van der Waals surface area (Å²) in [7, 11) is 0. The van der Waals surface area contributed by atoms with Crippen LogP contribution in [-0.2, 0) is 0 Å². The fourth-order valence-electron chi connectivity index (χ4n) is 0.866. The van der Waals surface area contributed by atoms with Crippen molar-refractivity contribution in [1.29, 1.82) is 0 Å². The Morgan fingerprint density at radius 3 is 1.29 bits per heavy atom. The number of rotatable bonds is 3. The summed E-state index contributed by atoms with van der Waals surface area (Å²) >= 11 is -0.764. The van der Waals surface area contributed by atoms with E-state index < -0.39 is 19.8 Å². The van der Waals surface area contributed by atoms with Gasteiger partial charge in [-0.15, -0.1) is 0 Å². The normalized spacial score (nSPS) is 10.3. The fourth-order valence-corrected chi connectivity index (χ4v) is 5.81. The summed E-state index contributed by atoms with van der Waals surface area (Å²) in [5.74, 6) is 0. The van der Waals surface area contributed by atoms with Gasteiger partial charge in [-0.3, -0.25) is 0 Å². The molecule has 0 saturated carbocycles. The second-order valence-corrected chi connectivity index (χ2v) is 14.0. The molecule has 0 aliphatic carbocycles. The Bertz CT molecular complexity index is 30.0. The Morgan fingerprint density at radius 1 is 1.00 bits per heavy atom. The van der Waals surface area contributed by atoms with Gasteiger partial charge in [0.15, 0.2) is 0 Å². The molecule has 0 bridgehead atoms. The average Bonchev–Trinajstić information content (AvgIpc) is 1.72. The molecule has 1 heteroatoms. The van der Waals surface area contributed by atoms with E-state index in [1.807, 2.05) is 0 Å². The van der Waals surface area contributed by atoms with Gasteiger partial charge in [-0.2, -0.15) is 0 Å². The molecular formula is C6H17Sn-. The molecule has 0 amide bonds. The molecule has 0 aromatic carbocycles. The Labute approximate surface area is 55.5 Å². The molecular weight excluding hydrogens is 191 g/mol. The maximum absolute atomic E-state index is 2.35. The van der Waals surface area contributed by atoms with Crippen molar-refractivity contribution in [3.05, 3.63) is 0 Å². The van der Waals surface area contributed by atoms with E-state index >= 15 is 0 Å².